The van der Waals surface area contributed by atoms with Crippen molar-refractivity contribution in [3.63, 3.8) is 0 Å². The standard InChI is InChI=1S/C54H30S2/c1-3-15-33-31(13-1)32-14-2-4-16-34(32)38-20-10-22-40-46-30-48(44-26-12-24-42-36-18-6-8-28-50(36)56-54(42)44)47(29-45(46)39-21-9-19-37(33)51(39)52(38)40)43-25-11-23-41-35-17-5-7-27-49(35)55-53(41)43/h1-30H. The van der Waals surface area contributed by atoms with Crippen LogP contribution >= 0.6 is 22.7 Å². The quantitative estimate of drug-likeness (QED) is 0.155. The molecule has 0 unspecified atom stereocenters. The monoisotopic (exact) mass is 742 g/mol. The lowest BCUT2D eigenvalue weighted by Crippen LogP contribution is -1.92. The Kier molecular flexibility index (Phi) is 6.29. The summed E-state index contributed by atoms with van der Waals surface area (Å²) in [4.78, 5) is 0. The summed E-state index contributed by atoms with van der Waals surface area (Å²) in [5, 5.41) is 20.8. The molecule has 2 heterocycles. The Morgan fingerprint density at radius 2 is 0.518 bits per heavy atom. The van der Waals surface area contributed by atoms with Crippen LogP contribution in [-0.4, -0.2) is 0 Å². The Balaban J connectivity index is 1.28. The van der Waals surface area contributed by atoms with Crippen molar-refractivity contribution in [2.45, 2.75) is 0 Å². The molecule has 0 fully saturated rings. The second-order valence-electron chi connectivity index (χ2n) is 15.1. The van der Waals surface area contributed by atoms with E-state index in [0.29, 0.717) is 0 Å². The van der Waals surface area contributed by atoms with Gasteiger partial charge >= 0.3 is 0 Å². The second-order valence-corrected chi connectivity index (χ2v) is 17.2. The first-order chi connectivity index (χ1) is 27.8. The predicted octanol–water partition coefficient (Wildman–Crippen LogP) is 16.7. The van der Waals surface area contributed by atoms with Gasteiger partial charge in [-0.1, -0.05) is 158 Å². The van der Waals surface area contributed by atoms with Crippen LogP contribution in [0.3, 0.4) is 0 Å². The SMILES string of the molecule is c1ccc2c(c1)sc1c(-c3cc4c(cc3-c3cccc5c3sc3ccccc35)c3cccc5c6ccccc6c6ccccc6c6cccc4c6c53)cccc12. The largest absolute Gasteiger partial charge is 0.135 e. The topological polar surface area (TPSA) is 0 Å². The van der Waals surface area contributed by atoms with Crippen molar-refractivity contribution >= 4 is 128 Å². The van der Waals surface area contributed by atoms with E-state index >= 15 is 0 Å². The van der Waals surface area contributed by atoms with Crippen molar-refractivity contribution in [3.05, 3.63) is 182 Å². The van der Waals surface area contributed by atoms with Crippen molar-refractivity contribution in [3.8, 4) is 22.3 Å². The van der Waals surface area contributed by atoms with E-state index in [1.165, 1.54) is 127 Å². The number of hydrogen-bond acceptors (Lipinski definition) is 2. The molecule has 0 atom stereocenters. The van der Waals surface area contributed by atoms with Crippen LogP contribution in [0.1, 0.15) is 0 Å². The molecule has 0 spiro atoms. The van der Waals surface area contributed by atoms with Crippen LogP contribution in [0, 0.1) is 0 Å². The Labute approximate surface area is 330 Å². The number of fused-ring (bicyclic) bond motifs is 14. The summed E-state index contributed by atoms with van der Waals surface area (Å²) < 4.78 is 5.33. The minimum absolute atomic E-state index is 1.28. The molecular weight excluding hydrogens is 713 g/mol. The first-order valence-corrected chi connectivity index (χ1v) is 20.9. The maximum absolute atomic E-state index is 2.54. The normalized spacial score (nSPS) is 12.3. The third kappa shape index (κ3) is 4.12. The van der Waals surface area contributed by atoms with Crippen LogP contribution in [0.4, 0.5) is 0 Å². The molecular formula is C54H30S2. The zero-order valence-electron chi connectivity index (χ0n) is 30.1. The lowest BCUT2D eigenvalue weighted by Gasteiger charge is -2.19. The number of rotatable bonds is 2. The second kappa shape index (κ2) is 11.5. The van der Waals surface area contributed by atoms with Gasteiger partial charge in [0.05, 0.1) is 0 Å². The molecule has 0 bridgehead atoms. The van der Waals surface area contributed by atoms with Crippen LogP contribution in [0.25, 0.3) is 127 Å². The van der Waals surface area contributed by atoms with Gasteiger partial charge in [0.2, 0.25) is 0 Å². The van der Waals surface area contributed by atoms with Crippen molar-refractivity contribution < 1.29 is 0 Å². The molecule has 258 valence electrons. The van der Waals surface area contributed by atoms with E-state index in [1.54, 1.807) is 0 Å². The molecule has 0 aliphatic carbocycles. The van der Waals surface area contributed by atoms with E-state index in [2.05, 4.69) is 182 Å². The van der Waals surface area contributed by atoms with Gasteiger partial charge in [0.25, 0.3) is 0 Å². The molecule has 13 aromatic rings. The van der Waals surface area contributed by atoms with E-state index in [0.717, 1.165) is 0 Å². The van der Waals surface area contributed by atoms with E-state index < -0.39 is 0 Å². The summed E-state index contributed by atoms with van der Waals surface area (Å²) in [6.07, 6.45) is 0. The van der Waals surface area contributed by atoms with Gasteiger partial charge in [0.15, 0.2) is 0 Å². The summed E-state index contributed by atoms with van der Waals surface area (Å²) in [5.41, 5.74) is 5.13. The average Bonchev–Trinajstić information content (AvgIpc) is 3.84. The fourth-order valence-electron chi connectivity index (χ4n) is 9.86. The lowest BCUT2D eigenvalue weighted by atomic mass is 9.84. The Morgan fingerprint density at radius 3 is 0.946 bits per heavy atom. The lowest BCUT2D eigenvalue weighted by molar-refractivity contribution is 1.69. The highest BCUT2D eigenvalue weighted by Crippen LogP contribution is 2.50. The summed E-state index contributed by atoms with van der Waals surface area (Å²) in [6.45, 7) is 0. The first kappa shape index (κ1) is 30.7. The van der Waals surface area contributed by atoms with E-state index in [-0.39, 0.29) is 0 Å². The van der Waals surface area contributed by atoms with Gasteiger partial charge in [-0.2, -0.15) is 0 Å². The molecule has 0 saturated heterocycles. The Hall–Kier alpha value is -6.58. The van der Waals surface area contributed by atoms with E-state index in [4.69, 9.17) is 0 Å². The fraction of sp³-hybridized carbons (Fsp3) is 0. The third-order valence-corrected chi connectivity index (χ3v) is 14.7. The van der Waals surface area contributed by atoms with Gasteiger partial charge in [-0.25, -0.2) is 0 Å². The van der Waals surface area contributed by atoms with E-state index in [1.807, 2.05) is 22.7 Å². The highest BCUT2D eigenvalue weighted by atomic mass is 32.1. The van der Waals surface area contributed by atoms with Crippen LogP contribution < -0.4 is 0 Å². The summed E-state index contributed by atoms with van der Waals surface area (Å²) >= 11 is 3.83. The van der Waals surface area contributed by atoms with Crippen molar-refractivity contribution in [2.75, 3.05) is 0 Å². The van der Waals surface area contributed by atoms with Gasteiger partial charge in [0, 0.05) is 51.5 Å². The maximum atomic E-state index is 2.54. The molecule has 13 rings (SSSR count). The number of thiophene rings is 2. The van der Waals surface area contributed by atoms with Gasteiger partial charge in [0.1, 0.15) is 0 Å². The first-order valence-electron chi connectivity index (χ1n) is 19.3. The van der Waals surface area contributed by atoms with Crippen LogP contribution in [0.5, 0.6) is 0 Å². The molecule has 0 saturated carbocycles. The van der Waals surface area contributed by atoms with E-state index in [9.17, 15) is 0 Å². The highest BCUT2D eigenvalue weighted by molar-refractivity contribution is 7.26. The minimum Gasteiger partial charge on any atom is -0.135 e. The molecule has 0 aliphatic heterocycles. The minimum atomic E-state index is 1.28. The smallest absolute Gasteiger partial charge is 0.0434 e. The van der Waals surface area contributed by atoms with Gasteiger partial charge in [-0.15, -0.1) is 22.7 Å². The molecule has 2 aromatic heterocycles. The van der Waals surface area contributed by atoms with Gasteiger partial charge < -0.3 is 0 Å². The highest BCUT2D eigenvalue weighted by Gasteiger charge is 2.22. The molecule has 2 heteroatoms. The van der Waals surface area contributed by atoms with Crippen LogP contribution in [0.2, 0.25) is 0 Å². The molecule has 0 amide bonds. The van der Waals surface area contributed by atoms with Crippen molar-refractivity contribution in [1.82, 2.24) is 0 Å². The molecule has 11 aromatic carbocycles. The molecule has 0 N–H and O–H groups in total. The van der Waals surface area contributed by atoms with Gasteiger partial charge in [-0.05, 0) is 100 Å². The summed E-state index contributed by atoms with van der Waals surface area (Å²) in [7, 11) is 0. The Bertz CT molecular complexity index is 3570. The maximum Gasteiger partial charge on any atom is 0.0434 e. The molecule has 0 aliphatic rings. The summed E-state index contributed by atoms with van der Waals surface area (Å²) in [6, 6.07) is 68.6. The fourth-order valence-corrected chi connectivity index (χ4v) is 12.3. The van der Waals surface area contributed by atoms with Crippen molar-refractivity contribution in [1.29, 1.82) is 0 Å². The number of hydrogen-bond donors (Lipinski definition) is 0. The summed E-state index contributed by atoms with van der Waals surface area (Å²) in [5.74, 6) is 0. The molecule has 56 heavy (non-hydrogen) atoms. The molecule has 0 radical (unpaired) electrons. The van der Waals surface area contributed by atoms with Crippen LogP contribution in [0.15, 0.2) is 182 Å². The van der Waals surface area contributed by atoms with Gasteiger partial charge in [-0.3, -0.25) is 0 Å². The Morgan fingerprint density at radius 1 is 0.214 bits per heavy atom. The third-order valence-electron chi connectivity index (χ3n) is 12.2. The predicted molar refractivity (Wildman–Crippen MR) is 248 cm³/mol. The van der Waals surface area contributed by atoms with Crippen LogP contribution in [-0.2, 0) is 0 Å². The number of benzene rings is 10. The van der Waals surface area contributed by atoms with Crippen molar-refractivity contribution in [2.24, 2.45) is 0 Å². The zero-order chi connectivity index (χ0) is 36.5. The average molecular weight is 743 g/mol. The molecule has 0 nitrogen and oxygen atoms in total. The zero-order valence-corrected chi connectivity index (χ0v) is 31.8.